The van der Waals surface area contributed by atoms with E-state index in [1.54, 1.807) is 15.9 Å². The number of aryl methyl sites for hydroxylation is 3. The number of nitrogens with one attached hydrogen (secondary N) is 1. The molecular weight excluding hydrogens is 464 g/mol. The molecule has 6 nitrogen and oxygen atoms in total. The van der Waals surface area contributed by atoms with Gasteiger partial charge in [-0.15, -0.1) is 11.3 Å². The van der Waals surface area contributed by atoms with E-state index in [2.05, 4.69) is 10.2 Å². The smallest absolute Gasteiger partial charge is 0.267 e. The van der Waals surface area contributed by atoms with Crippen molar-refractivity contribution in [1.82, 2.24) is 19.8 Å². The van der Waals surface area contributed by atoms with Gasteiger partial charge in [-0.1, -0.05) is 30.0 Å². The summed E-state index contributed by atoms with van der Waals surface area (Å²) in [6.45, 7) is 7.70. The lowest BCUT2D eigenvalue weighted by atomic mass is 9.97. The van der Waals surface area contributed by atoms with E-state index in [1.165, 1.54) is 41.5 Å². The molecule has 1 aromatic carbocycles. The highest BCUT2D eigenvalue weighted by Gasteiger charge is 2.25. The normalized spacial score (nSPS) is 17.1. The fraction of sp³-hybridized carbons (Fsp3) is 0.500. The van der Waals surface area contributed by atoms with Crippen LogP contribution in [0.3, 0.4) is 0 Å². The van der Waals surface area contributed by atoms with Crippen molar-refractivity contribution in [3.05, 3.63) is 50.6 Å². The number of aromatic nitrogens is 2. The van der Waals surface area contributed by atoms with E-state index in [4.69, 9.17) is 4.98 Å². The zero-order valence-corrected chi connectivity index (χ0v) is 21.6. The maximum atomic E-state index is 13.9. The lowest BCUT2D eigenvalue weighted by molar-refractivity contribution is -0.120. The Labute approximate surface area is 208 Å². The molecule has 3 aromatic rings. The van der Waals surface area contributed by atoms with Crippen LogP contribution in [0.1, 0.15) is 48.6 Å². The Bertz CT molecular complexity index is 1260. The van der Waals surface area contributed by atoms with Crippen LogP contribution in [0, 0.1) is 6.92 Å². The molecule has 1 atom stereocenters. The van der Waals surface area contributed by atoms with Crippen molar-refractivity contribution in [3.63, 3.8) is 0 Å². The number of hydrogen-bond donors (Lipinski definition) is 1. The topological polar surface area (TPSA) is 67.2 Å². The Kier molecular flexibility index (Phi) is 7.09. The molecule has 8 heteroatoms. The van der Waals surface area contributed by atoms with Gasteiger partial charge < -0.3 is 10.2 Å². The number of carbonyl (C=O) groups excluding carboxylic acids is 1. The second-order valence-corrected chi connectivity index (χ2v) is 11.7. The minimum atomic E-state index is -0.354. The van der Waals surface area contributed by atoms with Gasteiger partial charge in [0.1, 0.15) is 4.83 Å². The number of thiophene rings is 1. The summed E-state index contributed by atoms with van der Waals surface area (Å²) >= 11 is 3.03. The lowest BCUT2D eigenvalue weighted by Gasteiger charge is -2.18. The molecule has 0 spiro atoms. The molecule has 180 valence electrons. The van der Waals surface area contributed by atoms with Crippen molar-refractivity contribution in [2.75, 3.05) is 26.2 Å². The quantitative estimate of drug-likeness (QED) is 0.390. The summed E-state index contributed by atoms with van der Waals surface area (Å²) in [4.78, 5) is 36.3. The number of rotatable bonds is 7. The minimum absolute atomic E-state index is 0.0113. The van der Waals surface area contributed by atoms with Crippen molar-refractivity contribution in [3.8, 4) is 5.69 Å². The van der Waals surface area contributed by atoms with E-state index >= 15 is 0 Å². The summed E-state index contributed by atoms with van der Waals surface area (Å²) in [5.74, 6) is -0.0136. The highest BCUT2D eigenvalue weighted by molar-refractivity contribution is 8.00. The minimum Gasteiger partial charge on any atom is -0.354 e. The first-order chi connectivity index (χ1) is 16.5. The molecule has 5 rings (SSSR count). The summed E-state index contributed by atoms with van der Waals surface area (Å²) in [5.41, 5.74) is 3.03. The van der Waals surface area contributed by atoms with Gasteiger partial charge in [0.25, 0.3) is 5.56 Å². The molecule has 1 aliphatic heterocycles. The fourth-order valence-electron chi connectivity index (χ4n) is 4.99. The van der Waals surface area contributed by atoms with Crippen LogP contribution in [0.2, 0.25) is 0 Å². The van der Waals surface area contributed by atoms with Gasteiger partial charge in [-0.3, -0.25) is 14.2 Å². The van der Waals surface area contributed by atoms with Gasteiger partial charge in [0.15, 0.2) is 5.16 Å². The number of carbonyl (C=O) groups is 1. The Morgan fingerprint density at radius 2 is 1.94 bits per heavy atom. The molecule has 2 aromatic heterocycles. The zero-order chi connectivity index (χ0) is 23.7. The number of para-hydroxylation sites is 1. The third-order valence-electron chi connectivity index (χ3n) is 6.89. The van der Waals surface area contributed by atoms with Crippen LogP contribution in [0.25, 0.3) is 15.9 Å². The predicted molar refractivity (Wildman–Crippen MR) is 141 cm³/mol. The average Bonchev–Trinajstić information content (AvgIpc) is 3.47. The van der Waals surface area contributed by atoms with Gasteiger partial charge in [-0.05, 0) is 82.7 Å². The molecule has 1 saturated heterocycles. The van der Waals surface area contributed by atoms with Crippen LogP contribution in [-0.4, -0.2) is 51.8 Å². The predicted octanol–water partition coefficient (Wildman–Crippen LogP) is 4.33. The summed E-state index contributed by atoms with van der Waals surface area (Å²) in [5, 5.41) is 4.09. The van der Waals surface area contributed by atoms with Crippen LogP contribution < -0.4 is 10.9 Å². The fourth-order valence-corrected chi connectivity index (χ4v) is 7.24. The van der Waals surface area contributed by atoms with Crippen LogP contribution in [0.4, 0.5) is 0 Å². The number of thioether (sulfide) groups is 1. The van der Waals surface area contributed by atoms with Crippen molar-refractivity contribution < 1.29 is 4.79 Å². The molecule has 1 amide bonds. The van der Waals surface area contributed by atoms with E-state index in [-0.39, 0.29) is 16.7 Å². The van der Waals surface area contributed by atoms with Gasteiger partial charge in [0, 0.05) is 18.0 Å². The second kappa shape index (κ2) is 10.2. The summed E-state index contributed by atoms with van der Waals surface area (Å²) in [7, 11) is 0. The molecule has 1 unspecified atom stereocenters. The summed E-state index contributed by atoms with van der Waals surface area (Å²) < 4.78 is 1.73. The van der Waals surface area contributed by atoms with Crippen molar-refractivity contribution in [2.45, 2.75) is 62.8 Å². The number of hydrogen-bond acceptors (Lipinski definition) is 6. The monoisotopic (exact) mass is 496 g/mol. The zero-order valence-electron chi connectivity index (χ0n) is 19.9. The highest BCUT2D eigenvalue weighted by atomic mass is 32.2. The van der Waals surface area contributed by atoms with Gasteiger partial charge in [-0.2, -0.15) is 0 Å². The van der Waals surface area contributed by atoms with Gasteiger partial charge >= 0.3 is 0 Å². The van der Waals surface area contributed by atoms with E-state index in [1.807, 2.05) is 38.1 Å². The molecule has 0 saturated carbocycles. The summed E-state index contributed by atoms with van der Waals surface area (Å²) in [6.07, 6.45) is 6.75. The molecule has 1 aliphatic carbocycles. The maximum absolute atomic E-state index is 13.9. The van der Waals surface area contributed by atoms with E-state index < -0.39 is 0 Å². The first-order valence-corrected chi connectivity index (χ1v) is 14.0. The van der Waals surface area contributed by atoms with Crippen LogP contribution in [0.5, 0.6) is 0 Å². The second-order valence-electron chi connectivity index (χ2n) is 9.31. The molecular formula is C26H32N4O2S2. The van der Waals surface area contributed by atoms with E-state index in [0.29, 0.717) is 11.7 Å². The lowest BCUT2D eigenvalue weighted by Crippen LogP contribution is -2.37. The van der Waals surface area contributed by atoms with Crippen molar-refractivity contribution in [2.24, 2.45) is 0 Å². The Morgan fingerprint density at radius 3 is 2.74 bits per heavy atom. The average molecular weight is 497 g/mol. The molecule has 3 heterocycles. The van der Waals surface area contributed by atoms with Gasteiger partial charge in [0.2, 0.25) is 5.91 Å². The Morgan fingerprint density at radius 1 is 1.18 bits per heavy atom. The van der Waals surface area contributed by atoms with Crippen molar-refractivity contribution >= 4 is 39.2 Å². The first kappa shape index (κ1) is 23.6. The molecule has 1 N–H and O–H groups in total. The van der Waals surface area contributed by atoms with Gasteiger partial charge in [0.05, 0.1) is 16.3 Å². The standard InChI is InChI=1S/C26H32N4O2S2/c1-17-9-3-5-11-20(17)30-25(32)22-19-10-4-6-12-21(19)34-24(22)28-26(30)33-18(2)23(31)27-13-16-29-14-7-8-15-29/h3,5,9,11,18H,4,6-8,10,12-16H2,1-2H3,(H,27,31). The van der Waals surface area contributed by atoms with Gasteiger partial charge in [-0.25, -0.2) is 4.98 Å². The number of nitrogens with zero attached hydrogens (tertiary/aromatic N) is 3. The highest BCUT2D eigenvalue weighted by Crippen LogP contribution is 2.36. The Hall–Kier alpha value is -2.16. The SMILES string of the molecule is Cc1ccccc1-n1c(SC(C)C(=O)NCCN2CCCC2)nc2sc3c(c2c1=O)CCCC3. The van der Waals surface area contributed by atoms with E-state index in [9.17, 15) is 9.59 Å². The Balaban J connectivity index is 1.47. The van der Waals surface area contributed by atoms with E-state index in [0.717, 1.165) is 60.4 Å². The summed E-state index contributed by atoms with van der Waals surface area (Å²) in [6, 6.07) is 7.91. The third kappa shape index (κ3) is 4.68. The van der Waals surface area contributed by atoms with Crippen LogP contribution >= 0.6 is 23.1 Å². The molecule has 0 radical (unpaired) electrons. The van der Waals surface area contributed by atoms with Crippen LogP contribution in [-0.2, 0) is 17.6 Å². The third-order valence-corrected chi connectivity index (χ3v) is 9.13. The maximum Gasteiger partial charge on any atom is 0.267 e. The number of amides is 1. The number of benzene rings is 1. The number of likely N-dealkylation sites (tertiary alicyclic amines) is 1. The van der Waals surface area contributed by atoms with Crippen LogP contribution in [0.15, 0.2) is 34.2 Å². The molecule has 1 fully saturated rings. The largest absolute Gasteiger partial charge is 0.354 e. The molecule has 34 heavy (non-hydrogen) atoms. The van der Waals surface area contributed by atoms with Crippen molar-refractivity contribution in [1.29, 1.82) is 0 Å². The first-order valence-electron chi connectivity index (χ1n) is 12.3. The number of fused-ring (bicyclic) bond motifs is 3. The molecule has 2 aliphatic rings. The molecule has 0 bridgehead atoms.